The lowest BCUT2D eigenvalue weighted by Gasteiger charge is -2.24. The Labute approximate surface area is 125 Å². The van der Waals surface area contributed by atoms with Crippen LogP contribution in [0.25, 0.3) is 10.9 Å². The number of amides is 1. The molecule has 4 heteroatoms. The number of nitrogens with two attached hydrogens (primary N) is 1. The summed E-state index contributed by atoms with van der Waals surface area (Å²) in [7, 11) is 0. The second kappa shape index (κ2) is 6.59. The first kappa shape index (κ1) is 15.3. The minimum absolute atomic E-state index is 0.0224. The molecule has 3 N–H and O–H groups in total. The summed E-state index contributed by atoms with van der Waals surface area (Å²) in [5.41, 5.74) is 9.23. The van der Waals surface area contributed by atoms with Crippen molar-refractivity contribution in [2.24, 2.45) is 5.73 Å². The largest absolute Gasteiger partial charge is 0.361 e. The first-order valence-corrected chi connectivity index (χ1v) is 7.26. The molecular formula is C17H23N3O. The molecule has 0 aliphatic carbocycles. The summed E-state index contributed by atoms with van der Waals surface area (Å²) in [6, 6.07) is 7.52. The van der Waals surface area contributed by atoms with Gasteiger partial charge in [0, 0.05) is 30.2 Å². The van der Waals surface area contributed by atoms with Crippen LogP contribution in [-0.4, -0.2) is 34.9 Å². The van der Waals surface area contributed by atoms with Crippen molar-refractivity contribution in [3.63, 3.8) is 0 Å². The molecule has 1 aromatic carbocycles. The first-order chi connectivity index (χ1) is 10.0. The van der Waals surface area contributed by atoms with Gasteiger partial charge in [-0.3, -0.25) is 4.79 Å². The molecule has 1 atom stereocenters. The Morgan fingerprint density at radius 2 is 2.14 bits per heavy atom. The van der Waals surface area contributed by atoms with Crippen LogP contribution in [0.2, 0.25) is 0 Å². The van der Waals surface area contributed by atoms with Crippen LogP contribution in [-0.2, 0) is 11.2 Å². The fourth-order valence-electron chi connectivity index (χ4n) is 2.53. The van der Waals surface area contributed by atoms with Crippen LogP contribution in [0, 0.1) is 0 Å². The van der Waals surface area contributed by atoms with Gasteiger partial charge in [-0.15, -0.1) is 0 Å². The smallest absolute Gasteiger partial charge is 0.240 e. The molecule has 2 rings (SSSR count). The van der Waals surface area contributed by atoms with E-state index in [0.717, 1.165) is 22.0 Å². The Hall–Kier alpha value is -2.07. The topological polar surface area (TPSA) is 62.1 Å². The van der Waals surface area contributed by atoms with Gasteiger partial charge in [0.2, 0.25) is 5.91 Å². The van der Waals surface area contributed by atoms with Crippen LogP contribution in [0.5, 0.6) is 0 Å². The van der Waals surface area contributed by atoms with Gasteiger partial charge < -0.3 is 15.6 Å². The summed E-state index contributed by atoms with van der Waals surface area (Å²) in [4.78, 5) is 17.4. The number of aromatic nitrogens is 1. The minimum Gasteiger partial charge on any atom is -0.361 e. The van der Waals surface area contributed by atoms with E-state index in [9.17, 15) is 4.79 Å². The molecule has 0 bridgehead atoms. The second-order valence-corrected chi connectivity index (χ2v) is 5.48. The van der Waals surface area contributed by atoms with E-state index in [-0.39, 0.29) is 5.91 Å². The highest BCUT2D eigenvalue weighted by atomic mass is 16.2. The average molecular weight is 285 g/mol. The Bertz CT molecular complexity index is 644. The van der Waals surface area contributed by atoms with Crippen LogP contribution in [0.1, 0.15) is 19.4 Å². The molecule has 21 heavy (non-hydrogen) atoms. The quantitative estimate of drug-likeness (QED) is 0.801. The summed E-state index contributed by atoms with van der Waals surface area (Å²) in [6.07, 6.45) is 2.47. The summed E-state index contributed by atoms with van der Waals surface area (Å²) >= 11 is 0. The van der Waals surface area contributed by atoms with Crippen molar-refractivity contribution in [1.29, 1.82) is 0 Å². The van der Waals surface area contributed by atoms with Crippen LogP contribution < -0.4 is 5.73 Å². The predicted molar refractivity (Wildman–Crippen MR) is 87.0 cm³/mol. The number of likely N-dealkylation sites (N-methyl/N-ethyl adjacent to an activating group) is 1. The predicted octanol–water partition coefficient (Wildman–Crippen LogP) is 2.46. The molecule has 2 aromatic rings. The average Bonchev–Trinajstić information content (AvgIpc) is 2.87. The highest BCUT2D eigenvalue weighted by molar-refractivity contribution is 5.86. The van der Waals surface area contributed by atoms with E-state index in [4.69, 9.17) is 5.73 Å². The van der Waals surface area contributed by atoms with E-state index < -0.39 is 6.04 Å². The SMILES string of the molecule is C=C(C)CN(CC)C(=O)[C@@H](N)Cc1c[nH]c2ccccc12. The molecule has 0 unspecified atom stereocenters. The molecule has 0 radical (unpaired) electrons. The molecule has 0 aliphatic rings. The van der Waals surface area contributed by atoms with Crippen LogP contribution in [0.3, 0.4) is 0 Å². The van der Waals surface area contributed by atoms with Gasteiger partial charge in [-0.1, -0.05) is 30.4 Å². The Balaban J connectivity index is 2.11. The number of fused-ring (bicyclic) bond motifs is 1. The number of H-pyrrole nitrogens is 1. The van der Waals surface area contributed by atoms with Gasteiger partial charge >= 0.3 is 0 Å². The summed E-state index contributed by atoms with van der Waals surface area (Å²) in [6.45, 7) is 8.95. The van der Waals surface area contributed by atoms with Crippen molar-refractivity contribution in [3.8, 4) is 0 Å². The van der Waals surface area contributed by atoms with Crippen LogP contribution in [0.4, 0.5) is 0 Å². The maximum atomic E-state index is 12.4. The molecule has 4 nitrogen and oxygen atoms in total. The molecule has 1 aromatic heterocycles. The summed E-state index contributed by atoms with van der Waals surface area (Å²) < 4.78 is 0. The van der Waals surface area contributed by atoms with Crippen LogP contribution in [0.15, 0.2) is 42.6 Å². The first-order valence-electron chi connectivity index (χ1n) is 7.26. The lowest BCUT2D eigenvalue weighted by atomic mass is 10.0. The van der Waals surface area contributed by atoms with E-state index in [1.807, 2.05) is 44.3 Å². The van der Waals surface area contributed by atoms with Crippen molar-refractivity contribution in [2.75, 3.05) is 13.1 Å². The lowest BCUT2D eigenvalue weighted by molar-refractivity contribution is -0.131. The Morgan fingerprint density at radius 3 is 2.81 bits per heavy atom. The molecular weight excluding hydrogens is 262 g/mol. The van der Waals surface area contributed by atoms with Gasteiger partial charge in [-0.25, -0.2) is 0 Å². The number of carbonyl (C=O) groups excluding carboxylic acids is 1. The van der Waals surface area contributed by atoms with Crippen molar-refractivity contribution in [2.45, 2.75) is 26.3 Å². The molecule has 0 saturated heterocycles. The number of hydrogen-bond acceptors (Lipinski definition) is 2. The number of aromatic amines is 1. The zero-order valence-electron chi connectivity index (χ0n) is 12.7. The number of rotatable bonds is 6. The monoisotopic (exact) mass is 285 g/mol. The number of nitrogens with one attached hydrogen (secondary N) is 1. The zero-order chi connectivity index (χ0) is 15.4. The standard InChI is InChI=1S/C17H23N3O/c1-4-20(11-12(2)3)17(21)15(18)9-13-10-19-16-8-6-5-7-14(13)16/h5-8,10,15,19H,2,4,9,11,18H2,1,3H3/t15-/m0/s1. The van der Waals surface area contributed by atoms with Gasteiger partial charge in [0.05, 0.1) is 6.04 Å². The molecule has 1 heterocycles. The highest BCUT2D eigenvalue weighted by Gasteiger charge is 2.21. The molecule has 112 valence electrons. The number of nitrogens with zero attached hydrogens (tertiary/aromatic N) is 1. The molecule has 0 spiro atoms. The highest BCUT2D eigenvalue weighted by Crippen LogP contribution is 2.19. The third-order valence-corrected chi connectivity index (χ3v) is 3.59. The van der Waals surface area contributed by atoms with E-state index in [0.29, 0.717) is 19.5 Å². The minimum atomic E-state index is -0.525. The Kier molecular flexibility index (Phi) is 4.81. The fourth-order valence-corrected chi connectivity index (χ4v) is 2.53. The van der Waals surface area contributed by atoms with Gasteiger partial charge in [-0.2, -0.15) is 0 Å². The third-order valence-electron chi connectivity index (χ3n) is 3.59. The van der Waals surface area contributed by atoms with Gasteiger partial charge in [0.1, 0.15) is 0 Å². The molecule has 0 aliphatic heterocycles. The summed E-state index contributed by atoms with van der Waals surface area (Å²) in [5.74, 6) is -0.0224. The van der Waals surface area contributed by atoms with Crippen molar-refractivity contribution < 1.29 is 4.79 Å². The molecule has 0 saturated carbocycles. The fraction of sp³-hybridized carbons (Fsp3) is 0.353. The normalized spacial score (nSPS) is 12.3. The zero-order valence-corrected chi connectivity index (χ0v) is 12.7. The van der Waals surface area contributed by atoms with E-state index >= 15 is 0 Å². The Morgan fingerprint density at radius 1 is 1.43 bits per heavy atom. The van der Waals surface area contributed by atoms with Crippen molar-refractivity contribution in [1.82, 2.24) is 9.88 Å². The van der Waals surface area contributed by atoms with Gasteiger partial charge in [-0.05, 0) is 31.9 Å². The number of carbonyl (C=O) groups is 1. The van der Waals surface area contributed by atoms with Gasteiger partial charge in [0.15, 0.2) is 0 Å². The van der Waals surface area contributed by atoms with E-state index in [1.54, 1.807) is 4.90 Å². The maximum absolute atomic E-state index is 12.4. The molecule has 0 fully saturated rings. The van der Waals surface area contributed by atoms with Crippen molar-refractivity contribution in [3.05, 3.63) is 48.2 Å². The molecule has 1 amide bonds. The lowest BCUT2D eigenvalue weighted by Crippen LogP contribution is -2.45. The maximum Gasteiger partial charge on any atom is 0.240 e. The van der Waals surface area contributed by atoms with Crippen LogP contribution >= 0.6 is 0 Å². The van der Waals surface area contributed by atoms with E-state index in [2.05, 4.69) is 11.6 Å². The number of para-hydroxylation sites is 1. The number of benzene rings is 1. The number of hydrogen-bond donors (Lipinski definition) is 2. The van der Waals surface area contributed by atoms with Gasteiger partial charge in [0.25, 0.3) is 0 Å². The summed E-state index contributed by atoms with van der Waals surface area (Å²) in [5, 5.41) is 1.13. The van der Waals surface area contributed by atoms with Crippen molar-refractivity contribution >= 4 is 16.8 Å². The third kappa shape index (κ3) is 3.52. The second-order valence-electron chi connectivity index (χ2n) is 5.48. The van der Waals surface area contributed by atoms with E-state index in [1.165, 1.54) is 0 Å².